The summed E-state index contributed by atoms with van der Waals surface area (Å²) in [7, 11) is 0. The number of carbonyl (C=O) groups is 2. The number of nitrogens with one attached hydrogen (secondary N) is 1. The maximum absolute atomic E-state index is 11.8. The molecule has 0 spiro atoms. The summed E-state index contributed by atoms with van der Waals surface area (Å²) in [5, 5.41) is 11.8. The molecule has 4 nitrogen and oxygen atoms in total. The van der Waals surface area contributed by atoms with Gasteiger partial charge in [0.1, 0.15) is 0 Å². The third-order valence-corrected chi connectivity index (χ3v) is 3.92. The van der Waals surface area contributed by atoms with Gasteiger partial charge in [-0.05, 0) is 31.6 Å². The zero-order valence-electron chi connectivity index (χ0n) is 11.0. The first-order chi connectivity index (χ1) is 7.83. The van der Waals surface area contributed by atoms with Gasteiger partial charge in [0.25, 0.3) is 0 Å². The van der Waals surface area contributed by atoms with Gasteiger partial charge in [-0.1, -0.05) is 20.3 Å². The van der Waals surface area contributed by atoms with E-state index in [1.165, 1.54) is 6.42 Å². The highest BCUT2D eigenvalue weighted by atomic mass is 16.4. The van der Waals surface area contributed by atoms with Crippen molar-refractivity contribution in [1.29, 1.82) is 0 Å². The Kier molecular flexibility index (Phi) is 4.54. The number of amides is 1. The number of carboxylic acid groups (broad SMARTS) is 1. The molecule has 17 heavy (non-hydrogen) atoms. The molecule has 1 aliphatic rings. The quantitative estimate of drug-likeness (QED) is 0.749. The predicted octanol–water partition coefficient (Wildman–Crippen LogP) is 2.18. The lowest BCUT2D eigenvalue weighted by molar-refractivity contribution is -0.139. The molecule has 0 radical (unpaired) electrons. The topological polar surface area (TPSA) is 66.4 Å². The third-order valence-electron chi connectivity index (χ3n) is 3.92. The van der Waals surface area contributed by atoms with Crippen molar-refractivity contribution in [3.8, 4) is 0 Å². The highest BCUT2D eigenvalue weighted by molar-refractivity contribution is 5.78. The molecule has 98 valence electrons. The lowest BCUT2D eigenvalue weighted by atomic mass is 9.81. The molecule has 2 N–H and O–H groups in total. The normalized spacial score (nSPS) is 19.5. The van der Waals surface area contributed by atoms with Crippen molar-refractivity contribution in [3.63, 3.8) is 0 Å². The molecule has 1 aliphatic carbocycles. The molecule has 1 rings (SSSR count). The summed E-state index contributed by atoms with van der Waals surface area (Å²) in [6, 6.07) is 0. The predicted molar refractivity (Wildman–Crippen MR) is 65.6 cm³/mol. The van der Waals surface area contributed by atoms with E-state index in [2.05, 4.69) is 5.32 Å². The minimum Gasteiger partial charge on any atom is -0.481 e. The number of hydrogen-bond acceptors (Lipinski definition) is 2. The number of carboxylic acids is 1. The molecule has 1 unspecified atom stereocenters. The SMILES string of the molecule is CC(C)C(C)(CC(=O)O)NC(=O)CC1CCC1. The van der Waals surface area contributed by atoms with E-state index in [4.69, 9.17) is 5.11 Å². The minimum atomic E-state index is -0.870. The minimum absolute atomic E-state index is 0.00727. The van der Waals surface area contributed by atoms with Crippen LogP contribution < -0.4 is 5.32 Å². The van der Waals surface area contributed by atoms with Crippen molar-refractivity contribution in [2.45, 2.75) is 58.4 Å². The highest BCUT2D eigenvalue weighted by Gasteiger charge is 2.33. The first-order valence-electron chi connectivity index (χ1n) is 6.36. The first kappa shape index (κ1) is 14.0. The summed E-state index contributed by atoms with van der Waals surface area (Å²) in [5.74, 6) is -0.266. The van der Waals surface area contributed by atoms with Crippen LogP contribution in [0.4, 0.5) is 0 Å². The number of rotatable bonds is 6. The van der Waals surface area contributed by atoms with Crippen LogP contribution >= 0.6 is 0 Å². The van der Waals surface area contributed by atoms with Gasteiger partial charge in [-0.3, -0.25) is 9.59 Å². The summed E-state index contributed by atoms with van der Waals surface area (Å²) in [4.78, 5) is 22.7. The molecule has 0 saturated heterocycles. The van der Waals surface area contributed by atoms with Gasteiger partial charge < -0.3 is 10.4 Å². The fraction of sp³-hybridized carbons (Fsp3) is 0.846. The van der Waals surface area contributed by atoms with E-state index in [1.54, 1.807) is 0 Å². The van der Waals surface area contributed by atoms with E-state index in [9.17, 15) is 9.59 Å². The van der Waals surface area contributed by atoms with Gasteiger partial charge in [-0.2, -0.15) is 0 Å². The lowest BCUT2D eigenvalue weighted by Crippen LogP contribution is -2.51. The van der Waals surface area contributed by atoms with Crippen molar-refractivity contribution in [2.75, 3.05) is 0 Å². The Morgan fingerprint density at radius 1 is 1.41 bits per heavy atom. The molecule has 0 bridgehead atoms. The first-order valence-corrected chi connectivity index (χ1v) is 6.36. The molecule has 1 saturated carbocycles. The van der Waals surface area contributed by atoms with Gasteiger partial charge in [0, 0.05) is 12.0 Å². The fourth-order valence-electron chi connectivity index (χ4n) is 2.04. The zero-order valence-corrected chi connectivity index (χ0v) is 11.0. The molecule has 0 aromatic carbocycles. The molecule has 1 atom stereocenters. The van der Waals surface area contributed by atoms with Gasteiger partial charge in [0.05, 0.1) is 6.42 Å². The van der Waals surface area contributed by atoms with Crippen LogP contribution in [0.2, 0.25) is 0 Å². The van der Waals surface area contributed by atoms with Crippen LogP contribution in [0, 0.1) is 11.8 Å². The molecular weight excluding hydrogens is 218 g/mol. The molecule has 1 amide bonds. The number of hydrogen-bond donors (Lipinski definition) is 2. The Labute approximate surface area is 103 Å². The number of carbonyl (C=O) groups excluding carboxylic acids is 1. The molecule has 0 aliphatic heterocycles. The fourth-order valence-corrected chi connectivity index (χ4v) is 2.04. The average molecular weight is 241 g/mol. The molecule has 1 fully saturated rings. The van der Waals surface area contributed by atoms with Crippen molar-refractivity contribution < 1.29 is 14.7 Å². The van der Waals surface area contributed by atoms with Gasteiger partial charge in [0.15, 0.2) is 0 Å². The number of aliphatic carboxylic acids is 1. The van der Waals surface area contributed by atoms with Crippen LogP contribution in [0.1, 0.15) is 52.9 Å². The molecule has 0 aromatic heterocycles. The van der Waals surface area contributed by atoms with Gasteiger partial charge in [0.2, 0.25) is 5.91 Å². The van der Waals surface area contributed by atoms with Crippen molar-refractivity contribution in [3.05, 3.63) is 0 Å². The second-order valence-corrected chi connectivity index (χ2v) is 5.69. The summed E-state index contributed by atoms with van der Waals surface area (Å²) in [5.41, 5.74) is -0.646. The molecule has 0 heterocycles. The second kappa shape index (κ2) is 5.52. The van der Waals surface area contributed by atoms with E-state index in [1.807, 2.05) is 20.8 Å². The summed E-state index contributed by atoms with van der Waals surface area (Å²) in [6.07, 6.45) is 3.99. The standard InChI is InChI=1S/C13H23NO3/c1-9(2)13(3,8-12(16)17)14-11(15)7-10-5-4-6-10/h9-10H,4-8H2,1-3H3,(H,14,15)(H,16,17). The third kappa shape index (κ3) is 4.02. The van der Waals surface area contributed by atoms with Crippen LogP contribution in [-0.2, 0) is 9.59 Å². The van der Waals surface area contributed by atoms with Gasteiger partial charge >= 0.3 is 5.97 Å². The summed E-state index contributed by atoms with van der Waals surface area (Å²) < 4.78 is 0. The Morgan fingerprint density at radius 2 is 2.00 bits per heavy atom. The average Bonchev–Trinajstić information content (AvgIpc) is 2.09. The Morgan fingerprint density at radius 3 is 2.35 bits per heavy atom. The highest BCUT2D eigenvalue weighted by Crippen LogP contribution is 2.30. The van der Waals surface area contributed by atoms with Crippen LogP contribution in [0.15, 0.2) is 0 Å². The van der Waals surface area contributed by atoms with Crippen LogP contribution in [0.5, 0.6) is 0 Å². The van der Waals surface area contributed by atoms with Crippen LogP contribution in [0.3, 0.4) is 0 Å². The van der Waals surface area contributed by atoms with E-state index < -0.39 is 11.5 Å². The van der Waals surface area contributed by atoms with Crippen molar-refractivity contribution in [2.24, 2.45) is 11.8 Å². The zero-order chi connectivity index (χ0) is 13.1. The monoisotopic (exact) mass is 241 g/mol. The van der Waals surface area contributed by atoms with Gasteiger partial charge in [-0.25, -0.2) is 0 Å². The van der Waals surface area contributed by atoms with E-state index in [0.717, 1.165) is 12.8 Å². The van der Waals surface area contributed by atoms with Crippen LogP contribution in [-0.4, -0.2) is 22.5 Å². The van der Waals surface area contributed by atoms with Gasteiger partial charge in [-0.15, -0.1) is 0 Å². The smallest absolute Gasteiger partial charge is 0.305 e. The Hall–Kier alpha value is -1.06. The largest absolute Gasteiger partial charge is 0.481 e. The maximum atomic E-state index is 11.8. The lowest BCUT2D eigenvalue weighted by Gasteiger charge is -2.35. The Bertz CT molecular complexity index is 297. The summed E-state index contributed by atoms with van der Waals surface area (Å²) in [6.45, 7) is 5.68. The molecule has 4 heteroatoms. The second-order valence-electron chi connectivity index (χ2n) is 5.69. The van der Waals surface area contributed by atoms with Crippen LogP contribution in [0.25, 0.3) is 0 Å². The maximum Gasteiger partial charge on any atom is 0.305 e. The van der Waals surface area contributed by atoms with E-state index >= 15 is 0 Å². The molecular formula is C13H23NO3. The Balaban J connectivity index is 2.52. The van der Waals surface area contributed by atoms with Crippen molar-refractivity contribution in [1.82, 2.24) is 5.32 Å². The van der Waals surface area contributed by atoms with Crippen molar-refractivity contribution >= 4 is 11.9 Å². The molecule has 0 aromatic rings. The van der Waals surface area contributed by atoms with E-state index in [0.29, 0.717) is 12.3 Å². The van der Waals surface area contributed by atoms with E-state index in [-0.39, 0.29) is 18.2 Å². The summed E-state index contributed by atoms with van der Waals surface area (Å²) >= 11 is 0.